The molecule has 2 aromatic carbocycles. The fourth-order valence-corrected chi connectivity index (χ4v) is 4.48. The van der Waals surface area contributed by atoms with Crippen molar-refractivity contribution in [2.75, 3.05) is 47.0 Å². The topological polar surface area (TPSA) is 61.4 Å². The van der Waals surface area contributed by atoms with Crippen molar-refractivity contribution in [3.05, 3.63) is 71.2 Å². The molecule has 6 nitrogen and oxygen atoms in total. The largest absolute Gasteiger partial charge is 0.368 e. The summed E-state index contributed by atoms with van der Waals surface area (Å²) in [5.41, 5.74) is 4.84. The SMILES string of the molecule is Cc1ccc(NC(=O)CSc2nccc(N3CCN(c4cc(C)ccc4C)CC3)n2)c(F)c1. The molecule has 0 aliphatic carbocycles. The summed E-state index contributed by atoms with van der Waals surface area (Å²) in [6.45, 7) is 9.64. The first kappa shape index (κ1) is 23.0. The molecule has 1 aliphatic heterocycles. The molecule has 0 saturated carbocycles. The first-order valence-corrected chi connectivity index (χ1v) is 12.0. The average molecular weight is 466 g/mol. The molecule has 0 bridgehead atoms. The quantitative estimate of drug-likeness (QED) is 0.424. The van der Waals surface area contributed by atoms with Gasteiger partial charge >= 0.3 is 0 Å². The van der Waals surface area contributed by atoms with E-state index < -0.39 is 5.82 Å². The van der Waals surface area contributed by atoms with Gasteiger partial charge in [-0.3, -0.25) is 4.79 Å². The molecule has 1 saturated heterocycles. The van der Waals surface area contributed by atoms with Crippen LogP contribution in [-0.4, -0.2) is 47.8 Å². The van der Waals surface area contributed by atoms with Gasteiger partial charge in [0.25, 0.3) is 0 Å². The third-order valence-electron chi connectivity index (χ3n) is 5.66. The fourth-order valence-electron chi connectivity index (χ4n) is 3.85. The van der Waals surface area contributed by atoms with Crippen LogP contribution in [0.1, 0.15) is 16.7 Å². The number of thioether (sulfide) groups is 1. The van der Waals surface area contributed by atoms with Gasteiger partial charge < -0.3 is 15.1 Å². The monoisotopic (exact) mass is 465 g/mol. The highest BCUT2D eigenvalue weighted by atomic mass is 32.2. The van der Waals surface area contributed by atoms with Crippen molar-refractivity contribution in [3.8, 4) is 0 Å². The van der Waals surface area contributed by atoms with Gasteiger partial charge in [-0.1, -0.05) is 30.0 Å². The second kappa shape index (κ2) is 10.2. The molecule has 4 rings (SSSR count). The van der Waals surface area contributed by atoms with E-state index in [1.807, 2.05) is 6.07 Å². The van der Waals surface area contributed by atoms with Crippen molar-refractivity contribution in [2.24, 2.45) is 0 Å². The lowest BCUT2D eigenvalue weighted by Gasteiger charge is -2.37. The Kier molecular flexibility index (Phi) is 7.13. The molecule has 1 aliphatic rings. The molecule has 1 amide bonds. The standard InChI is InChI=1S/C25H28FN5OS/c1-17-5-7-21(20(26)14-17)28-24(32)16-33-25-27-9-8-23(29-25)31-12-10-30(11-13-31)22-15-18(2)4-6-19(22)3/h4-9,14-15H,10-13,16H2,1-3H3,(H,28,32). The van der Waals surface area contributed by atoms with Gasteiger partial charge in [0, 0.05) is 38.1 Å². The van der Waals surface area contributed by atoms with Gasteiger partial charge in [-0.2, -0.15) is 0 Å². The second-order valence-electron chi connectivity index (χ2n) is 8.28. The number of rotatable bonds is 6. The third kappa shape index (κ3) is 5.82. The Morgan fingerprint density at radius 3 is 2.45 bits per heavy atom. The minimum atomic E-state index is -0.438. The fraction of sp³-hybridized carbons (Fsp3) is 0.320. The summed E-state index contributed by atoms with van der Waals surface area (Å²) >= 11 is 1.24. The highest BCUT2D eigenvalue weighted by Crippen LogP contribution is 2.25. The van der Waals surface area contributed by atoms with Crippen LogP contribution in [0.15, 0.2) is 53.8 Å². The molecule has 33 heavy (non-hydrogen) atoms. The first-order valence-electron chi connectivity index (χ1n) is 11.0. The van der Waals surface area contributed by atoms with Crippen LogP contribution in [0.5, 0.6) is 0 Å². The lowest BCUT2D eigenvalue weighted by Crippen LogP contribution is -2.47. The number of hydrogen-bond donors (Lipinski definition) is 1. The van der Waals surface area contributed by atoms with Crippen LogP contribution in [0.4, 0.5) is 21.6 Å². The van der Waals surface area contributed by atoms with Gasteiger partial charge in [0.2, 0.25) is 5.91 Å². The Morgan fingerprint density at radius 2 is 1.70 bits per heavy atom. The normalized spacial score (nSPS) is 13.8. The van der Waals surface area contributed by atoms with Crippen LogP contribution in [-0.2, 0) is 4.79 Å². The zero-order valence-electron chi connectivity index (χ0n) is 19.1. The van der Waals surface area contributed by atoms with Crippen LogP contribution >= 0.6 is 11.8 Å². The van der Waals surface area contributed by atoms with E-state index in [9.17, 15) is 9.18 Å². The summed E-state index contributed by atoms with van der Waals surface area (Å²) in [4.78, 5) is 25.9. The number of benzene rings is 2. The van der Waals surface area contributed by atoms with E-state index in [0.29, 0.717) is 5.16 Å². The molecule has 8 heteroatoms. The maximum Gasteiger partial charge on any atom is 0.234 e. The minimum Gasteiger partial charge on any atom is -0.368 e. The Balaban J connectivity index is 1.32. The summed E-state index contributed by atoms with van der Waals surface area (Å²) in [5, 5.41) is 3.14. The van der Waals surface area contributed by atoms with Gasteiger partial charge in [-0.25, -0.2) is 14.4 Å². The summed E-state index contributed by atoms with van der Waals surface area (Å²) in [6.07, 6.45) is 1.72. The zero-order chi connectivity index (χ0) is 23.4. The van der Waals surface area contributed by atoms with E-state index >= 15 is 0 Å². The number of piperazine rings is 1. The third-order valence-corrected chi connectivity index (χ3v) is 6.52. The summed E-state index contributed by atoms with van der Waals surface area (Å²) < 4.78 is 14.0. The molecule has 1 fully saturated rings. The van der Waals surface area contributed by atoms with Crippen LogP contribution in [0.2, 0.25) is 0 Å². The Bertz CT molecular complexity index is 1150. The molecule has 1 aromatic heterocycles. The summed E-state index contributed by atoms with van der Waals surface area (Å²) in [7, 11) is 0. The van der Waals surface area contributed by atoms with Crippen molar-refractivity contribution in [1.82, 2.24) is 9.97 Å². The number of aryl methyl sites for hydroxylation is 3. The van der Waals surface area contributed by atoms with Gasteiger partial charge in [0.1, 0.15) is 11.6 Å². The Labute approximate surface area is 198 Å². The summed E-state index contributed by atoms with van der Waals surface area (Å²) in [6, 6.07) is 13.2. The average Bonchev–Trinajstić information content (AvgIpc) is 2.81. The lowest BCUT2D eigenvalue weighted by atomic mass is 10.1. The number of aromatic nitrogens is 2. The first-order chi connectivity index (χ1) is 15.9. The van der Waals surface area contributed by atoms with E-state index in [-0.39, 0.29) is 17.3 Å². The van der Waals surface area contributed by atoms with Crippen LogP contribution in [0, 0.1) is 26.6 Å². The number of amides is 1. The number of hydrogen-bond acceptors (Lipinski definition) is 6. The highest BCUT2D eigenvalue weighted by molar-refractivity contribution is 7.99. The van der Waals surface area contributed by atoms with Gasteiger partial charge in [-0.05, 0) is 61.7 Å². The minimum absolute atomic E-state index is 0.108. The van der Waals surface area contributed by atoms with Crippen molar-refractivity contribution >= 4 is 34.9 Å². The van der Waals surface area contributed by atoms with E-state index in [2.05, 4.69) is 57.1 Å². The number of carbonyl (C=O) groups excluding carboxylic acids is 1. The van der Waals surface area contributed by atoms with Crippen LogP contribution < -0.4 is 15.1 Å². The van der Waals surface area contributed by atoms with Crippen molar-refractivity contribution in [3.63, 3.8) is 0 Å². The molecule has 1 N–H and O–H groups in total. The van der Waals surface area contributed by atoms with Crippen molar-refractivity contribution in [2.45, 2.75) is 25.9 Å². The zero-order valence-corrected chi connectivity index (χ0v) is 20.0. The van der Waals surface area contributed by atoms with E-state index in [1.165, 1.54) is 34.6 Å². The molecule has 172 valence electrons. The molecule has 0 spiro atoms. The van der Waals surface area contributed by atoms with Crippen molar-refractivity contribution in [1.29, 1.82) is 0 Å². The molecule has 2 heterocycles. The number of nitrogens with one attached hydrogen (secondary N) is 1. The molecular formula is C25H28FN5OS. The predicted molar refractivity (Wildman–Crippen MR) is 133 cm³/mol. The number of nitrogens with zero attached hydrogens (tertiary/aromatic N) is 4. The molecule has 0 radical (unpaired) electrons. The molecule has 0 atom stereocenters. The van der Waals surface area contributed by atoms with Crippen LogP contribution in [0.25, 0.3) is 0 Å². The lowest BCUT2D eigenvalue weighted by molar-refractivity contribution is -0.113. The van der Waals surface area contributed by atoms with Gasteiger partial charge in [0.15, 0.2) is 5.16 Å². The van der Waals surface area contributed by atoms with E-state index in [1.54, 1.807) is 25.3 Å². The van der Waals surface area contributed by atoms with Gasteiger partial charge in [-0.15, -0.1) is 0 Å². The molecule has 0 unspecified atom stereocenters. The summed E-state index contributed by atoms with van der Waals surface area (Å²) in [5.74, 6) is 0.237. The maximum absolute atomic E-state index is 14.0. The smallest absolute Gasteiger partial charge is 0.234 e. The molecular weight excluding hydrogens is 437 g/mol. The van der Waals surface area contributed by atoms with Gasteiger partial charge in [0.05, 0.1) is 11.4 Å². The Hall–Kier alpha value is -3.13. The van der Waals surface area contributed by atoms with Crippen LogP contribution in [0.3, 0.4) is 0 Å². The molecule has 3 aromatic rings. The number of halogens is 1. The number of anilines is 3. The highest BCUT2D eigenvalue weighted by Gasteiger charge is 2.20. The van der Waals surface area contributed by atoms with E-state index in [0.717, 1.165) is 37.6 Å². The second-order valence-corrected chi connectivity index (χ2v) is 9.22. The van der Waals surface area contributed by atoms with E-state index in [4.69, 9.17) is 0 Å². The predicted octanol–water partition coefficient (Wildman–Crippen LogP) is 4.60. The van der Waals surface area contributed by atoms with Crippen molar-refractivity contribution < 1.29 is 9.18 Å². The Morgan fingerprint density at radius 1 is 1.00 bits per heavy atom. The number of carbonyl (C=O) groups is 1. The maximum atomic E-state index is 14.0.